The van der Waals surface area contributed by atoms with Crippen molar-refractivity contribution in [1.82, 2.24) is 0 Å². The molecule has 43 heavy (non-hydrogen) atoms. The Hall–Kier alpha value is -3.49. The van der Waals surface area contributed by atoms with Gasteiger partial charge in [0.2, 0.25) is 0 Å². The summed E-state index contributed by atoms with van der Waals surface area (Å²) in [6, 6.07) is 32.0. The minimum Gasteiger partial charge on any atom is -0.396 e. The average molecular weight is 575 g/mol. The first-order valence-electron chi connectivity index (χ1n) is 16.3. The second kappa shape index (κ2) is 16.4. The molecule has 1 unspecified atom stereocenters. The van der Waals surface area contributed by atoms with Gasteiger partial charge in [0.05, 0.1) is 0 Å². The van der Waals surface area contributed by atoms with E-state index >= 15 is 0 Å². The van der Waals surface area contributed by atoms with Crippen LogP contribution in [0.3, 0.4) is 0 Å². The molecule has 2 nitrogen and oxygen atoms in total. The van der Waals surface area contributed by atoms with Crippen molar-refractivity contribution in [2.75, 3.05) is 6.61 Å². The number of benzene rings is 4. The Bertz CT molecular complexity index is 1430. The largest absolute Gasteiger partial charge is 0.396 e. The van der Waals surface area contributed by atoms with Gasteiger partial charge in [-0.05, 0) is 126 Å². The van der Waals surface area contributed by atoms with Crippen molar-refractivity contribution in [1.29, 1.82) is 0 Å². The molecule has 5 rings (SSSR count). The summed E-state index contributed by atoms with van der Waals surface area (Å²) < 4.78 is 0. The Balaban J connectivity index is 0.00000207. The maximum atomic E-state index is 9.52. The van der Waals surface area contributed by atoms with Gasteiger partial charge in [-0.2, -0.15) is 0 Å². The van der Waals surface area contributed by atoms with Crippen molar-refractivity contribution in [3.05, 3.63) is 108 Å². The van der Waals surface area contributed by atoms with E-state index in [4.69, 9.17) is 4.79 Å². The van der Waals surface area contributed by atoms with Crippen molar-refractivity contribution in [3.63, 3.8) is 0 Å². The number of hydrogen-bond donors (Lipinski definition) is 1. The monoisotopic (exact) mass is 574 g/mol. The lowest BCUT2D eigenvalue weighted by atomic mass is 9.72. The molecule has 1 fully saturated rings. The van der Waals surface area contributed by atoms with E-state index in [1.165, 1.54) is 94.7 Å². The van der Waals surface area contributed by atoms with Crippen LogP contribution in [0, 0.1) is 17.8 Å². The van der Waals surface area contributed by atoms with Crippen LogP contribution in [0.15, 0.2) is 97.1 Å². The quantitative estimate of drug-likeness (QED) is 0.171. The van der Waals surface area contributed by atoms with Gasteiger partial charge in [0.1, 0.15) is 6.79 Å². The maximum Gasteiger partial charge on any atom is 0.106 e. The number of aliphatic hydroxyl groups excluding tert-OH is 1. The number of carbonyl (C=O) groups excluding carboxylic acids is 1. The van der Waals surface area contributed by atoms with Crippen LogP contribution in [0.5, 0.6) is 0 Å². The number of aryl methyl sites for hydroxylation is 2. The van der Waals surface area contributed by atoms with Crippen LogP contribution in [0.2, 0.25) is 0 Å². The zero-order valence-electron chi connectivity index (χ0n) is 26.4. The molecule has 0 radical (unpaired) electrons. The van der Waals surface area contributed by atoms with Gasteiger partial charge in [0, 0.05) is 6.61 Å². The smallest absolute Gasteiger partial charge is 0.106 e. The van der Waals surface area contributed by atoms with Crippen LogP contribution in [0.1, 0.15) is 76.3 Å². The third-order valence-corrected chi connectivity index (χ3v) is 9.46. The number of carbonyl (C=O) groups is 1. The third kappa shape index (κ3) is 9.00. The van der Waals surface area contributed by atoms with Gasteiger partial charge in [-0.25, -0.2) is 0 Å². The highest BCUT2D eigenvalue weighted by Crippen LogP contribution is 2.39. The molecule has 2 heteroatoms. The molecule has 4 aromatic carbocycles. The van der Waals surface area contributed by atoms with Gasteiger partial charge < -0.3 is 9.90 Å². The van der Waals surface area contributed by atoms with E-state index in [-0.39, 0.29) is 0 Å². The minimum absolute atomic E-state index is 0.308. The lowest BCUT2D eigenvalue weighted by Crippen LogP contribution is -2.23. The Morgan fingerprint density at radius 1 is 0.744 bits per heavy atom. The van der Waals surface area contributed by atoms with Crippen LogP contribution >= 0.6 is 0 Å². The molecule has 0 amide bonds. The number of fused-ring (bicyclic) bond motifs is 1. The van der Waals surface area contributed by atoms with Gasteiger partial charge in [-0.1, -0.05) is 105 Å². The molecule has 0 bridgehead atoms. The van der Waals surface area contributed by atoms with E-state index in [1.807, 2.05) is 6.79 Å². The summed E-state index contributed by atoms with van der Waals surface area (Å²) in [4.78, 5) is 8.00. The van der Waals surface area contributed by atoms with Crippen molar-refractivity contribution in [2.24, 2.45) is 17.8 Å². The molecule has 1 aliphatic carbocycles. The Morgan fingerprint density at radius 3 is 1.70 bits per heavy atom. The number of allylic oxidation sites excluding steroid dienone is 1. The predicted octanol–water partition coefficient (Wildman–Crippen LogP) is 10.6. The minimum atomic E-state index is 0.308. The molecule has 0 spiro atoms. The normalized spacial score (nSPS) is 17.2. The Morgan fingerprint density at radius 2 is 1.23 bits per heavy atom. The second-order valence-electron chi connectivity index (χ2n) is 12.7. The van der Waals surface area contributed by atoms with E-state index in [0.29, 0.717) is 12.5 Å². The SMILES string of the molecule is C=C(C)CC(CCO)C1CCC(CCc2ccc(-c3ccc4cc(-c5ccc(CCC)cc5)ccc4c3)cc2)CC1.C=O. The second-order valence-corrected chi connectivity index (χ2v) is 12.7. The van der Waals surface area contributed by atoms with Gasteiger partial charge >= 0.3 is 0 Å². The average Bonchev–Trinajstić information content (AvgIpc) is 3.05. The molecule has 1 N–H and O–H groups in total. The van der Waals surface area contributed by atoms with Crippen LogP contribution in [0.4, 0.5) is 0 Å². The molecule has 1 saturated carbocycles. The van der Waals surface area contributed by atoms with E-state index < -0.39 is 0 Å². The molecule has 4 aromatic rings. The molecule has 0 aliphatic heterocycles. The first-order chi connectivity index (χ1) is 21.0. The predicted molar refractivity (Wildman–Crippen MR) is 184 cm³/mol. The van der Waals surface area contributed by atoms with Gasteiger partial charge in [0.15, 0.2) is 0 Å². The lowest BCUT2D eigenvalue weighted by molar-refractivity contribution is -0.0980. The first kappa shape index (κ1) is 32.4. The molecule has 0 aromatic heterocycles. The topological polar surface area (TPSA) is 37.3 Å². The first-order valence-corrected chi connectivity index (χ1v) is 16.3. The molecule has 1 aliphatic rings. The van der Waals surface area contributed by atoms with E-state index in [2.05, 4.69) is 105 Å². The van der Waals surface area contributed by atoms with E-state index in [9.17, 15) is 5.11 Å². The molecular formula is C41H50O2. The third-order valence-electron chi connectivity index (χ3n) is 9.46. The number of hydrogen-bond acceptors (Lipinski definition) is 2. The fourth-order valence-corrected chi connectivity index (χ4v) is 7.06. The van der Waals surface area contributed by atoms with Crippen LogP contribution < -0.4 is 0 Å². The molecule has 1 atom stereocenters. The zero-order chi connectivity index (χ0) is 30.6. The van der Waals surface area contributed by atoms with Crippen LogP contribution in [0.25, 0.3) is 33.0 Å². The highest BCUT2D eigenvalue weighted by atomic mass is 16.3. The van der Waals surface area contributed by atoms with E-state index in [1.54, 1.807) is 0 Å². The summed E-state index contributed by atoms with van der Waals surface area (Å²) in [7, 11) is 0. The summed E-state index contributed by atoms with van der Waals surface area (Å²) in [6.45, 7) is 10.8. The van der Waals surface area contributed by atoms with Crippen molar-refractivity contribution in [2.45, 2.75) is 78.1 Å². The number of rotatable bonds is 12. The van der Waals surface area contributed by atoms with Crippen molar-refractivity contribution in [3.8, 4) is 22.3 Å². The van der Waals surface area contributed by atoms with Gasteiger partial charge in [-0.15, -0.1) is 6.58 Å². The maximum absolute atomic E-state index is 9.52. The van der Waals surface area contributed by atoms with Crippen LogP contribution in [-0.2, 0) is 17.6 Å². The fraction of sp³-hybridized carbons (Fsp3) is 0.390. The lowest BCUT2D eigenvalue weighted by Gasteiger charge is -2.34. The van der Waals surface area contributed by atoms with Crippen molar-refractivity contribution >= 4 is 17.6 Å². The Kier molecular flexibility index (Phi) is 12.4. The molecule has 0 heterocycles. The van der Waals surface area contributed by atoms with Crippen LogP contribution in [-0.4, -0.2) is 18.5 Å². The molecular weight excluding hydrogens is 524 g/mol. The van der Waals surface area contributed by atoms with Crippen molar-refractivity contribution < 1.29 is 9.90 Å². The van der Waals surface area contributed by atoms with Gasteiger partial charge in [-0.3, -0.25) is 0 Å². The standard InChI is InChI=1S/C40H48O.CH2O/c1-4-5-30-8-14-33(15-9-30)36-20-22-39-28-37(21-23-38(39)27-36)34-16-10-31(11-17-34)6-7-32-12-18-35(19-13-32)40(24-25-41)26-29(2)3;1-2/h8-11,14-17,20-23,27-28,32,35,40-41H,2,4-7,12-13,18-19,24-26H2,1,3H3;1H2. The summed E-state index contributed by atoms with van der Waals surface area (Å²) in [5.41, 5.74) is 9.27. The fourth-order valence-electron chi connectivity index (χ4n) is 7.06. The zero-order valence-corrected chi connectivity index (χ0v) is 26.4. The highest BCUT2D eigenvalue weighted by Gasteiger charge is 2.27. The molecule has 0 saturated heterocycles. The van der Waals surface area contributed by atoms with E-state index in [0.717, 1.165) is 31.1 Å². The number of aliphatic hydroxyl groups is 1. The summed E-state index contributed by atoms with van der Waals surface area (Å²) in [5, 5.41) is 12.1. The summed E-state index contributed by atoms with van der Waals surface area (Å²) in [5.74, 6) is 2.22. The molecule has 226 valence electrons. The summed E-state index contributed by atoms with van der Waals surface area (Å²) in [6.07, 6.45) is 12.1. The Labute approximate surface area is 259 Å². The highest BCUT2D eigenvalue weighted by molar-refractivity contribution is 5.90. The summed E-state index contributed by atoms with van der Waals surface area (Å²) >= 11 is 0. The van der Waals surface area contributed by atoms with Gasteiger partial charge in [0.25, 0.3) is 0 Å².